The normalized spacial score (nSPS) is 18.2. The molecule has 5 nitrogen and oxygen atoms in total. The Hall–Kier alpha value is -2.40. The second kappa shape index (κ2) is 6.15. The molecule has 1 unspecified atom stereocenters. The third kappa shape index (κ3) is 2.94. The van der Waals surface area contributed by atoms with Gasteiger partial charge < -0.3 is 15.6 Å². The van der Waals surface area contributed by atoms with E-state index in [4.69, 9.17) is 5.73 Å². The molecule has 1 aliphatic rings. The lowest BCUT2D eigenvalue weighted by molar-refractivity contribution is 0.0707. The Bertz CT molecular complexity index is 724. The molecule has 114 valence electrons. The molecule has 3 N–H and O–H groups in total. The van der Waals surface area contributed by atoms with Gasteiger partial charge in [-0.2, -0.15) is 0 Å². The number of aromatic amines is 1. The number of hydrogen-bond acceptors (Lipinski definition) is 3. The number of carbonyl (C=O) groups is 1. The standard InChI is InChI=1S/C17H19N3O2/c18-13-7-4-10-20(11-13)17(22)14-8-9-15(19-16(14)21)12-5-2-1-3-6-12/h1-3,5-6,8-9,13H,4,7,10-11,18H2,(H,19,21). The average molecular weight is 297 g/mol. The van der Waals surface area contributed by atoms with Crippen LogP contribution in [0.1, 0.15) is 23.2 Å². The number of hydrogen-bond donors (Lipinski definition) is 2. The van der Waals surface area contributed by atoms with Crippen LogP contribution in [0.2, 0.25) is 0 Å². The summed E-state index contributed by atoms with van der Waals surface area (Å²) < 4.78 is 0. The molecule has 1 atom stereocenters. The minimum atomic E-state index is -0.356. The Labute approximate surface area is 128 Å². The number of nitrogens with two attached hydrogens (primary N) is 1. The summed E-state index contributed by atoms with van der Waals surface area (Å²) in [5.74, 6) is -0.240. The summed E-state index contributed by atoms with van der Waals surface area (Å²) in [6.07, 6.45) is 1.81. The molecular formula is C17H19N3O2. The number of nitrogens with one attached hydrogen (secondary N) is 1. The molecule has 22 heavy (non-hydrogen) atoms. The number of rotatable bonds is 2. The van der Waals surface area contributed by atoms with E-state index in [1.807, 2.05) is 30.3 Å². The van der Waals surface area contributed by atoms with Gasteiger partial charge in [0.2, 0.25) is 0 Å². The van der Waals surface area contributed by atoms with Crippen LogP contribution in [0.4, 0.5) is 0 Å². The minimum Gasteiger partial charge on any atom is -0.337 e. The Kier molecular flexibility index (Phi) is 4.06. The topological polar surface area (TPSA) is 79.2 Å². The van der Waals surface area contributed by atoms with Crippen LogP contribution in [0.5, 0.6) is 0 Å². The molecule has 1 aromatic heterocycles. The summed E-state index contributed by atoms with van der Waals surface area (Å²) in [7, 11) is 0. The van der Waals surface area contributed by atoms with Crippen LogP contribution in [-0.4, -0.2) is 34.9 Å². The van der Waals surface area contributed by atoms with Crippen molar-refractivity contribution in [2.24, 2.45) is 5.73 Å². The van der Waals surface area contributed by atoms with Gasteiger partial charge in [0.15, 0.2) is 0 Å². The van der Waals surface area contributed by atoms with Crippen LogP contribution in [0.25, 0.3) is 11.3 Å². The lowest BCUT2D eigenvalue weighted by Gasteiger charge is -2.30. The van der Waals surface area contributed by atoms with Crippen molar-refractivity contribution in [1.82, 2.24) is 9.88 Å². The van der Waals surface area contributed by atoms with Crippen molar-refractivity contribution in [3.8, 4) is 11.3 Å². The Morgan fingerprint density at radius 2 is 1.95 bits per heavy atom. The van der Waals surface area contributed by atoms with Crippen LogP contribution in [0.15, 0.2) is 47.3 Å². The zero-order valence-electron chi connectivity index (χ0n) is 12.3. The van der Waals surface area contributed by atoms with Crippen molar-refractivity contribution < 1.29 is 4.79 Å². The third-order valence-corrected chi connectivity index (χ3v) is 3.97. The van der Waals surface area contributed by atoms with Gasteiger partial charge in [-0.25, -0.2) is 0 Å². The summed E-state index contributed by atoms with van der Waals surface area (Å²) in [6.45, 7) is 1.17. The van der Waals surface area contributed by atoms with Crippen LogP contribution in [-0.2, 0) is 0 Å². The van der Waals surface area contributed by atoms with Gasteiger partial charge in [0, 0.05) is 24.8 Å². The van der Waals surface area contributed by atoms with E-state index in [9.17, 15) is 9.59 Å². The molecule has 1 aromatic carbocycles. The van der Waals surface area contributed by atoms with Gasteiger partial charge >= 0.3 is 0 Å². The van der Waals surface area contributed by atoms with Crippen LogP contribution >= 0.6 is 0 Å². The van der Waals surface area contributed by atoms with Crippen molar-refractivity contribution >= 4 is 5.91 Å². The summed E-state index contributed by atoms with van der Waals surface area (Å²) in [4.78, 5) is 29.2. The molecule has 1 amide bonds. The molecule has 1 saturated heterocycles. The van der Waals surface area contributed by atoms with E-state index in [1.54, 1.807) is 17.0 Å². The van der Waals surface area contributed by atoms with E-state index < -0.39 is 0 Å². The number of amides is 1. The lowest BCUT2D eigenvalue weighted by Crippen LogP contribution is -2.46. The maximum atomic E-state index is 12.5. The number of H-pyrrole nitrogens is 1. The third-order valence-electron chi connectivity index (χ3n) is 3.97. The fourth-order valence-corrected chi connectivity index (χ4v) is 2.79. The molecule has 5 heteroatoms. The number of pyridine rings is 1. The molecule has 0 spiro atoms. The maximum absolute atomic E-state index is 12.5. The van der Waals surface area contributed by atoms with Gasteiger partial charge in [0.05, 0.1) is 0 Å². The predicted molar refractivity (Wildman–Crippen MR) is 85.6 cm³/mol. The predicted octanol–water partition coefficient (Wildman–Crippen LogP) is 1.61. The number of piperidine rings is 1. The summed E-state index contributed by atoms with van der Waals surface area (Å²) in [5, 5.41) is 0. The largest absolute Gasteiger partial charge is 0.337 e. The average Bonchev–Trinajstić information content (AvgIpc) is 2.55. The first kappa shape index (κ1) is 14.5. The molecule has 1 fully saturated rings. The first-order chi connectivity index (χ1) is 10.6. The van der Waals surface area contributed by atoms with E-state index in [0.717, 1.165) is 18.4 Å². The highest BCUT2D eigenvalue weighted by Gasteiger charge is 2.24. The van der Waals surface area contributed by atoms with Gasteiger partial charge in [0.25, 0.3) is 11.5 Å². The molecule has 2 heterocycles. The number of nitrogens with zero attached hydrogens (tertiary/aromatic N) is 1. The Morgan fingerprint density at radius 1 is 1.18 bits per heavy atom. The molecule has 0 radical (unpaired) electrons. The van der Waals surface area contributed by atoms with Crippen LogP contribution in [0.3, 0.4) is 0 Å². The number of carbonyl (C=O) groups excluding carboxylic acids is 1. The quantitative estimate of drug-likeness (QED) is 0.883. The van der Waals surface area contributed by atoms with Crippen molar-refractivity contribution in [3.63, 3.8) is 0 Å². The van der Waals surface area contributed by atoms with Crippen LogP contribution in [0, 0.1) is 0 Å². The van der Waals surface area contributed by atoms with Crippen molar-refractivity contribution in [2.45, 2.75) is 18.9 Å². The number of likely N-dealkylation sites (tertiary alicyclic amines) is 1. The lowest BCUT2D eigenvalue weighted by atomic mass is 10.1. The smallest absolute Gasteiger partial charge is 0.261 e. The van der Waals surface area contributed by atoms with E-state index in [1.165, 1.54) is 0 Å². The van der Waals surface area contributed by atoms with E-state index in [0.29, 0.717) is 18.8 Å². The van der Waals surface area contributed by atoms with Crippen LogP contribution < -0.4 is 11.3 Å². The summed E-state index contributed by atoms with van der Waals surface area (Å²) in [6, 6.07) is 12.9. The van der Waals surface area contributed by atoms with Gasteiger partial charge in [-0.1, -0.05) is 30.3 Å². The Balaban J connectivity index is 1.86. The van der Waals surface area contributed by atoms with E-state index in [-0.39, 0.29) is 23.1 Å². The molecule has 0 bridgehead atoms. The van der Waals surface area contributed by atoms with Gasteiger partial charge in [-0.05, 0) is 30.5 Å². The first-order valence-corrected chi connectivity index (χ1v) is 7.49. The SMILES string of the molecule is NC1CCCN(C(=O)c2ccc(-c3ccccc3)[nH]c2=O)C1. The van der Waals surface area contributed by atoms with E-state index in [2.05, 4.69) is 4.98 Å². The van der Waals surface area contributed by atoms with Crippen molar-refractivity contribution in [2.75, 3.05) is 13.1 Å². The highest BCUT2D eigenvalue weighted by Crippen LogP contribution is 2.16. The summed E-state index contributed by atoms with van der Waals surface area (Å²) >= 11 is 0. The molecule has 1 aliphatic heterocycles. The zero-order chi connectivity index (χ0) is 15.5. The second-order valence-electron chi connectivity index (χ2n) is 5.63. The molecule has 0 aliphatic carbocycles. The Morgan fingerprint density at radius 3 is 2.64 bits per heavy atom. The molecule has 2 aromatic rings. The van der Waals surface area contributed by atoms with Gasteiger partial charge in [-0.15, -0.1) is 0 Å². The monoisotopic (exact) mass is 297 g/mol. The molecular weight excluding hydrogens is 278 g/mol. The van der Waals surface area contributed by atoms with Gasteiger partial charge in [-0.3, -0.25) is 9.59 Å². The van der Waals surface area contributed by atoms with Crippen molar-refractivity contribution in [1.29, 1.82) is 0 Å². The zero-order valence-corrected chi connectivity index (χ0v) is 12.3. The van der Waals surface area contributed by atoms with Crippen molar-refractivity contribution in [3.05, 3.63) is 58.4 Å². The second-order valence-corrected chi connectivity index (χ2v) is 5.63. The highest BCUT2D eigenvalue weighted by atomic mass is 16.2. The van der Waals surface area contributed by atoms with Gasteiger partial charge in [0.1, 0.15) is 5.56 Å². The minimum absolute atomic E-state index is 0.000346. The summed E-state index contributed by atoms with van der Waals surface area (Å²) in [5.41, 5.74) is 7.34. The highest BCUT2D eigenvalue weighted by molar-refractivity contribution is 5.94. The first-order valence-electron chi connectivity index (χ1n) is 7.49. The van der Waals surface area contributed by atoms with E-state index >= 15 is 0 Å². The number of aromatic nitrogens is 1. The fraction of sp³-hybridized carbons (Fsp3) is 0.294. The number of benzene rings is 1. The maximum Gasteiger partial charge on any atom is 0.261 e. The fourth-order valence-electron chi connectivity index (χ4n) is 2.79. The molecule has 0 saturated carbocycles. The molecule has 3 rings (SSSR count).